The fraction of sp³-hybridized carbons (Fsp3) is 0. The largest absolute Gasteiger partial charge is 0.478 e. The molecule has 1 aliphatic heterocycles. The van der Waals surface area contributed by atoms with E-state index >= 15 is 0 Å². The fourth-order valence-corrected chi connectivity index (χ4v) is 9.52. The molecule has 164 valence electrons. The van der Waals surface area contributed by atoms with Crippen LogP contribution in [0, 0.1) is 28.6 Å². The number of carboxylic acids is 2. The van der Waals surface area contributed by atoms with Crippen LogP contribution >= 0.6 is 181 Å². The Hall–Kier alpha value is 2.36. The van der Waals surface area contributed by atoms with Crippen molar-refractivity contribution in [3.8, 4) is 0 Å². The molecule has 15 heteroatoms. The second kappa shape index (κ2) is 12.1. The summed E-state index contributed by atoms with van der Waals surface area (Å²) in [5, 5.41) is 18.1. The summed E-state index contributed by atoms with van der Waals surface area (Å²) in [5.41, 5.74) is 0.550. The predicted octanol–water partition coefficient (Wildman–Crippen LogP) is 6.92. The molecule has 0 amide bonds. The molecule has 0 bridgehead atoms. The average molecular weight is 1320 g/mol. The molecule has 7 nitrogen and oxygen atoms in total. The number of halogens is 8. The van der Waals surface area contributed by atoms with Crippen LogP contribution in [0.4, 0.5) is 0 Å². The van der Waals surface area contributed by atoms with Gasteiger partial charge >= 0.3 is 23.9 Å². The zero-order chi connectivity index (χ0) is 23.9. The van der Waals surface area contributed by atoms with E-state index in [-0.39, 0.29) is 11.1 Å². The summed E-state index contributed by atoms with van der Waals surface area (Å²) in [7, 11) is 0. The van der Waals surface area contributed by atoms with Gasteiger partial charge in [-0.25, -0.2) is 19.2 Å². The number of aromatic carboxylic acids is 2. The minimum atomic E-state index is -1.21. The number of fused-ring (bicyclic) bond motifs is 1. The summed E-state index contributed by atoms with van der Waals surface area (Å²) in [5.74, 6) is -3.50. The van der Waals surface area contributed by atoms with Crippen LogP contribution in [0.2, 0.25) is 0 Å². The van der Waals surface area contributed by atoms with Gasteiger partial charge in [0.15, 0.2) is 0 Å². The normalized spacial score (nSPS) is 12.1. The predicted molar refractivity (Wildman–Crippen MR) is 178 cm³/mol. The highest BCUT2D eigenvalue weighted by atomic mass is 127. The molecular weight excluding hydrogens is 1320 g/mol. The van der Waals surface area contributed by atoms with Crippen molar-refractivity contribution in [3.05, 3.63) is 50.8 Å². The Kier molecular flexibility index (Phi) is 11.5. The summed E-state index contributed by atoms with van der Waals surface area (Å²) in [4.78, 5) is 45.1. The van der Waals surface area contributed by atoms with E-state index in [2.05, 4.69) is 95.1 Å². The number of benzene rings is 2. The Morgan fingerprint density at radius 1 is 0.516 bits per heavy atom. The Morgan fingerprint density at radius 3 is 1.03 bits per heavy atom. The SMILES string of the molecule is O=C(O)c1c(I)c(I)c(I)c(I)c1C(=O)O.O=C1OC(=O)c2c(I)c(I)c(I)c(I)c21. The number of hydrogen-bond acceptors (Lipinski definition) is 5. The molecule has 0 fully saturated rings. The van der Waals surface area contributed by atoms with E-state index in [0.29, 0.717) is 18.3 Å². The van der Waals surface area contributed by atoms with Crippen LogP contribution in [-0.4, -0.2) is 34.1 Å². The van der Waals surface area contributed by atoms with Crippen molar-refractivity contribution in [2.75, 3.05) is 0 Å². The van der Waals surface area contributed by atoms with Gasteiger partial charge < -0.3 is 14.9 Å². The van der Waals surface area contributed by atoms with Crippen molar-refractivity contribution < 1.29 is 34.1 Å². The van der Waals surface area contributed by atoms with Crippen LogP contribution < -0.4 is 0 Å². The number of carbonyl (C=O) groups excluding carboxylic acids is 2. The summed E-state index contributed by atoms with van der Waals surface area (Å²) in [6.07, 6.45) is 0. The maximum absolute atomic E-state index is 11.5. The number of cyclic esters (lactones) is 2. The van der Waals surface area contributed by atoms with E-state index in [4.69, 9.17) is 10.2 Å². The molecule has 1 aliphatic rings. The number of rotatable bonds is 2. The lowest BCUT2D eigenvalue weighted by Crippen LogP contribution is -2.15. The van der Waals surface area contributed by atoms with Crippen LogP contribution in [0.25, 0.3) is 0 Å². The van der Waals surface area contributed by atoms with Crippen LogP contribution in [0.3, 0.4) is 0 Å². The lowest BCUT2D eigenvalue weighted by Gasteiger charge is -2.11. The molecule has 2 aromatic carbocycles. The van der Waals surface area contributed by atoms with Gasteiger partial charge in [0, 0.05) is 28.6 Å². The maximum atomic E-state index is 11.5. The number of carboxylic acid groups (broad SMARTS) is 2. The van der Waals surface area contributed by atoms with E-state index < -0.39 is 23.9 Å². The molecule has 1 heterocycles. The highest BCUT2D eigenvalue weighted by Crippen LogP contribution is 2.36. The van der Waals surface area contributed by atoms with Gasteiger partial charge in [0.05, 0.1) is 22.3 Å². The van der Waals surface area contributed by atoms with E-state index in [0.717, 1.165) is 21.4 Å². The third kappa shape index (κ3) is 6.03. The number of carbonyl (C=O) groups is 4. The zero-order valence-corrected chi connectivity index (χ0v) is 31.2. The van der Waals surface area contributed by atoms with Crippen LogP contribution in [0.5, 0.6) is 0 Å². The van der Waals surface area contributed by atoms with E-state index in [1.807, 2.05) is 90.4 Å². The molecular formula is C16H2I8O7. The summed E-state index contributed by atoms with van der Waals surface area (Å²) in [6.45, 7) is 0. The van der Waals surface area contributed by atoms with Gasteiger partial charge in [-0.05, 0) is 181 Å². The Morgan fingerprint density at radius 2 is 0.774 bits per heavy atom. The van der Waals surface area contributed by atoms with Crippen molar-refractivity contribution in [1.82, 2.24) is 0 Å². The summed E-state index contributed by atoms with van der Waals surface area (Å²) in [6, 6.07) is 0. The second-order valence-electron chi connectivity index (χ2n) is 5.30. The first-order chi connectivity index (χ1) is 14.2. The molecule has 0 unspecified atom stereocenters. The van der Waals surface area contributed by atoms with E-state index in [9.17, 15) is 19.2 Å². The van der Waals surface area contributed by atoms with Gasteiger partial charge in [-0.1, -0.05) is 0 Å². The molecule has 0 aliphatic carbocycles. The van der Waals surface area contributed by atoms with Gasteiger partial charge in [0.2, 0.25) is 0 Å². The van der Waals surface area contributed by atoms with E-state index in [1.165, 1.54) is 0 Å². The Balaban J connectivity index is 0.000000220. The minimum absolute atomic E-state index is 0.137. The molecule has 2 aromatic rings. The van der Waals surface area contributed by atoms with Gasteiger partial charge in [-0.15, -0.1) is 0 Å². The van der Waals surface area contributed by atoms with Crippen molar-refractivity contribution in [3.63, 3.8) is 0 Å². The quantitative estimate of drug-likeness (QED) is 0.110. The minimum Gasteiger partial charge on any atom is -0.478 e. The number of esters is 2. The van der Waals surface area contributed by atoms with Crippen molar-refractivity contribution in [2.24, 2.45) is 0 Å². The zero-order valence-electron chi connectivity index (χ0n) is 14.0. The van der Waals surface area contributed by atoms with Crippen molar-refractivity contribution >= 4 is 205 Å². The van der Waals surface area contributed by atoms with Gasteiger partial charge in [0.1, 0.15) is 0 Å². The lowest BCUT2D eigenvalue weighted by molar-refractivity contribution is 0.0441. The van der Waals surface area contributed by atoms with Crippen molar-refractivity contribution in [2.45, 2.75) is 0 Å². The van der Waals surface area contributed by atoms with Gasteiger partial charge in [-0.2, -0.15) is 0 Å². The fourth-order valence-electron chi connectivity index (χ4n) is 2.23. The molecule has 0 saturated heterocycles. The molecule has 2 N–H and O–H groups in total. The topological polar surface area (TPSA) is 118 Å². The van der Waals surface area contributed by atoms with Crippen LogP contribution in [-0.2, 0) is 4.74 Å². The molecule has 31 heavy (non-hydrogen) atoms. The van der Waals surface area contributed by atoms with Crippen LogP contribution in [0.15, 0.2) is 0 Å². The number of hydrogen-bond donors (Lipinski definition) is 2. The molecule has 0 saturated carbocycles. The smallest absolute Gasteiger partial charge is 0.348 e. The highest BCUT2D eigenvalue weighted by molar-refractivity contribution is 14.1. The Labute approximate surface area is 283 Å². The van der Waals surface area contributed by atoms with Gasteiger partial charge in [0.25, 0.3) is 0 Å². The molecule has 3 rings (SSSR count). The first kappa shape index (κ1) is 29.6. The standard InChI is InChI=1S/C8H2I4O4.C8I4O3/c9-3-1(7(13)14)2(8(15)16)4(10)6(12)5(3)11;9-3-1-2(8(14)15-7(1)13)4(10)6(12)5(3)11/h(H,13,14)(H,15,16);. The molecule has 0 atom stereocenters. The lowest BCUT2D eigenvalue weighted by atomic mass is 10.1. The Bertz CT molecular complexity index is 1100. The first-order valence-corrected chi connectivity index (χ1v) is 15.8. The average Bonchev–Trinajstić information content (AvgIpc) is 2.99. The molecule has 0 spiro atoms. The first-order valence-electron chi connectivity index (χ1n) is 7.18. The number of ether oxygens (including phenoxy) is 1. The molecule has 0 aromatic heterocycles. The highest BCUT2D eigenvalue weighted by Gasteiger charge is 2.36. The van der Waals surface area contributed by atoms with Crippen LogP contribution in [0.1, 0.15) is 41.4 Å². The summed E-state index contributed by atoms with van der Waals surface area (Å²) < 4.78 is 10.6. The third-order valence-corrected chi connectivity index (χ3v) is 18.4. The van der Waals surface area contributed by atoms with Crippen molar-refractivity contribution in [1.29, 1.82) is 0 Å². The second-order valence-corrected chi connectivity index (χ2v) is 13.9. The molecule has 0 radical (unpaired) electrons. The summed E-state index contributed by atoms with van der Waals surface area (Å²) >= 11 is 16.2. The van der Waals surface area contributed by atoms with E-state index in [1.54, 1.807) is 0 Å². The van der Waals surface area contributed by atoms with Gasteiger partial charge in [-0.3, -0.25) is 0 Å². The monoisotopic (exact) mass is 1320 g/mol. The third-order valence-electron chi connectivity index (χ3n) is 3.56. The maximum Gasteiger partial charge on any atom is 0.348 e.